The van der Waals surface area contributed by atoms with E-state index in [4.69, 9.17) is 21.7 Å². The van der Waals surface area contributed by atoms with Gasteiger partial charge in [0.1, 0.15) is 18.2 Å². The summed E-state index contributed by atoms with van der Waals surface area (Å²) >= 11 is 5.60. The Kier molecular flexibility index (Phi) is 5.29. The first-order valence-electron chi connectivity index (χ1n) is 10.8. The van der Waals surface area contributed by atoms with E-state index in [1.807, 2.05) is 17.0 Å². The Morgan fingerprint density at radius 2 is 1.81 bits per heavy atom. The zero-order valence-electron chi connectivity index (χ0n) is 17.9. The van der Waals surface area contributed by atoms with Gasteiger partial charge in [-0.3, -0.25) is 9.69 Å². The predicted octanol–water partition coefficient (Wildman–Crippen LogP) is 2.45. The minimum atomic E-state index is -0.00746. The number of hydrogen-bond donors (Lipinski definition) is 0. The van der Waals surface area contributed by atoms with Gasteiger partial charge >= 0.3 is 0 Å². The Morgan fingerprint density at radius 1 is 1.06 bits per heavy atom. The molecular formula is C22H27N5O3S. The molecule has 31 heavy (non-hydrogen) atoms. The average molecular weight is 442 g/mol. The summed E-state index contributed by atoms with van der Waals surface area (Å²) < 4.78 is 10.9. The zero-order valence-corrected chi connectivity index (χ0v) is 18.7. The molecule has 3 fully saturated rings. The average Bonchev–Trinajstić information content (AvgIpc) is 3.38. The van der Waals surface area contributed by atoms with Gasteiger partial charge in [-0.05, 0) is 49.9 Å². The Labute approximate surface area is 187 Å². The number of carbonyl (C=O) groups excluding carboxylic acids is 1. The van der Waals surface area contributed by atoms with Crippen LogP contribution < -0.4 is 14.4 Å². The van der Waals surface area contributed by atoms with Crippen LogP contribution in [-0.2, 0) is 4.79 Å². The molecule has 0 N–H and O–H groups in total. The molecule has 0 spiro atoms. The second-order valence-corrected chi connectivity index (χ2v) is 8.80. The number of thiocarbonyl (C=S) groups is 1. The van der Waals surface area contributed by atoms with Gasteiger partial charge in [0.15, 0.2) is 16.6 Å². The van der Waals surface area contributed by atoms with Crippen molar-refractivity contribution in [2.24, 2.45) is 5.92 Å². The number of anilines is 1. The number of piperidine rings is 1. The van der Waals surface area contributed by atoms with Crippen LogP contribution in [0, 0.1) is 5.92 Å². The molecule has 5 rings (SSSR count). The van der Waals surface area contributed by atoms with E-state index in [1.54, 1.807) is 20.5 Å². The summed E-state index contributed by atoms with van der Waals surface area (Å²) in [7, 11) is 3.25. The molecule has 1 unspecified atom stereocenters. The van der Waals surface area contributed by atoms with E-state index in [0.29, 0.717) is 17.4 Å². The van der Waals surface area contributed by atoms with Crippen LogP contribution in [-0.4, -0.2) is 77.2 Å². The molecule has 0 radical (unpaired) electrons. The highest BCUT2D eigenvalue weighted by Gasteiger charge is 2.45. The molecule has 1 aromatic carbocycles. The van der Waals surface area contributed by atoms with Crippen molar-refractivity contribution in [2.45, 2.75) is 31.7 Å². The third-order valence-corrected chi connectivity index (χ3v) is 7.21. The number of rotatable bonds is 5. The largest absolute Gasteiger partial charge is 0.493 e. The van der Waals surface area contributed by atoms with Crippen molar-refractivity contribution in [3.63, 3.8) is 0 Å². The van der Waals surface area contributed by atoms with Crippen LogP contribution in [0.2, 0.25) is 0 Å². The van der Waals surface area contributed by atoms with Gasteiger partial charge in [-0.25, -0.2) is 9.97 Å². The zero-order chi connectivity index (χ0) is 21.5. The summed E-state index contributed by atoms with van der Waals surface area (Å²) in [5.41, 5.74) is 0.832. The molecule has 8 nitrogen and oxygen atoms in total. The van der Waals surface area contributed by atoms with Gasteiger partial charge in [-0.2, -0.15) is 0 Å². The van der Waals surface area contributed by atoms with Gasteiger partial charge in [0, 0.05) is 37.6 Å². The third-order valence-electron chi connectivity index (χ3n) is 6.75. The molecule has 4 heterocycles. The van der Waals surface area contributed by atoms with E-state index < -0.39 is 0 Å². The third kappa shape index (κ3) is 3.44. The number of carbonyl (C=O) groups is 1. The van der Waals surface area contributed by atoms with Gasteiger partial charge in [-0.1, -0.05) is 0 Å². The molecule has 9 heteroatoms. The van der Waals surface area contributed by atoms with Gasteiger partial charge in [-0.15, -0.1) is 0 Å². The molecule has 0 saturated carbocycles. The van der Waals surface area contributed by atoms with Crippen LogP contribution in [0.4, 0.5) is 5.82 Å². The van der Waals surface area contributed by atoms with Crippen molar-refractivity contribution in [3.05, 3.63) is 18.5 Å². The highest BCUT2D eigenvalue weighted by Crippen LogP contribution is 2.36. The highest BCUT2D eigenvalue weighted by atomic mass is 32.1. The quantitative estimate of drug-likeness (QED) is 0.656. The van der Waals surface area contributed by atoms with Gasteiger partial charge < -0.3 is 19.3 Å². The first-order valence-corrected chi connectivity index (χ1v) is 11.2. The van der Waals surface area contributed by atoms with Crippen molar-refractivity contribution in [1.29, 1.82) is 0 Å². The second kappa shape index (κ2) is 8.11. The SMILES string of the molecule is COc1cc2ncnc(N3CCC(CN4C(=O)C5CCCN5C4=S)CC3)c2cc1OC. The molecular weight excluding hydrogens is 414 g/mol. The molecule has 164 valence electrons. The van der Waals surface area contributed by atoms with Crippen molar-refractivity contribution >= 4 is 40.0 Å². The van der Waals surface area contributed by atoms with Gasteiger partial charge in [0.05, 0.1) is 19.7 Å². The standard InChI is InChI=1S/C22H27N5O3S/c1-29-18-10-15-16(11-19(18)30-2)23-13-24-20(15)25-8-5-14(6-9-25)12-27-21(28)17-4-3-7-26(17)22(27)31/h10-11,13-14,17H,3-9,12H2,1-2H3. The van der Waals surface area contributed by atoms with E-state index in [9.17, 15) is 4.79 Å². The van der Waals surface area contributed by atoms with Crippen LogP contribution in [0.1, 0.15) is 25.7 Å². The maximum Gasteiger partial charge on any atom is 0.251 e. The molecule has 1 amide bonds. The monoisotopic (exact) mass is 441 g/mol. The van der Waals surface area contributed by atoms with Crippen molar-refractivity contribution in [2.75, 3.05) is 45.3 Å². The minimum Gasteiger partial charge on any atom is -0.493 e. The summed E-state index contributed by atoms with van der Waals surface area (Å²) in [6.07, 6.45) is 5.59. The van der Waals surface area contributed by atoms with E-state index in [2.05, 4.69) is 19.8 Å². The van der Waals surface area contributed by atoms with E-state index >= 15 is 0 Å². The molecule has 3 aliphatic heterocycles. The number of fused-ring (bicyclic) bond motifs is 2. The highest BCUT2D eigenvalue weighted by molar-refractivity contribution is 7.80. The lowest BCUT2D eigenvalue weighted by Gasteiger charge is -2.35. The Bertz CT molecular complexity index is 1000. The maximum absolute atomic E-state index is 12.8. The van der Waals surface area contributed by atoms with Crippen LogP contribution in [0.25, 0.3) is 10.9 Å². The summed E-state index contributed by atoms with van der Waals surface area (Å²) in [5.74, 6) is 2.89. The molecule has 1 aromatic heterocycles. The number of ether oxygens (including phenoxy) is 2. The van der Waals surface area contributed by atoms with Crippen LogP contribution in [0.5, 0.6) is 11.5 Å². The first-order chi connectivity index (χ1) is 15.1. The van der Waals surface area contributed by atoms with Gasteiger partial charge in [0.2, 0.25) is 0 Å². The molecule has 0 bridgehead atoms. The summed E-state index contributed by atoms with van der Waals surface area (Å²) in [6.45, 7) is 3.41. The summed E-state index contributed by atoms with van der Waals surface area (Å²) in [5, 5.41) is 1.69. The van der Waals surface area contributed by atoms with Crippen LogP contribution in [0.3, 0.4) is 0 Å². The molecule has 3 aliphatic rings. The summed E-state index contributed by atoms with van der Waals surface area (Å²) in [6, 6.07) is 3.83. The molecule has 2 aromatic rings. The lowest BCUT2D eigenvalue weighted by molar-refractivity contribution is -0.128. The smallest absolute Gasteiger partial charge is 0.251 e. The van der Waals surface area contributed by atoms with Crippen molar-refractivity contribution in [1.82, 2.24) is 19.8 Å². The second-order valence-electron chi connectivity index (χ2n) is 8.43. The Balaban J connectivity index is 1.29. The van der Waals surface area contributed by atoms with Crippen molar-refractivity contribution in [3.8, 4) is 11.5 Å². The van der Waals surface area contributed by atoms with E-state index in [0.717, 1.165) is 73.7 Å². The lowest BCUT2D eigenvalue weighted by Crippen LogP contribution is -2.42. The number of methoxy groups -OCH3 is 2. The fraction of sp³-hybridized carbons (Fsp3) is 0.545. The number of benzene rings is 1. The fourth-order valence-corrected chi connectivity index (χ4v) is 5.44. The minimum absolute atomic E-state index is 0.00746. The number of aromatic nitrogens is 2. The topological polar surface area (TPSA) is 71.0 Å². The Morgan fingerprint density at radius 3 is 2.52 bits per heavy atom. The van der Waals surface area contributed by atoms with Crippen molar-refractivity contribution < 1.29 is 14.3 Å². The normalized spacial score (nSPS) is 21.9. The molecule has 3 saturated heterocycles. The van der Waals surface area contributed by atoms with Crippen LogP contribution >= 0.6 is 12.2 Å². The molecule has 1 atom stereocenters. The molecule has 0 aliphatic carbocycles. The predicted molar refractivity (Wildman–Crippen MR) is 122 cm³/mol. The maximum atomic E-state index is 12.8. The fourth-order valence-electron chi connectivity index (χ4n) is 5.06. The number of amides is 1. The number of nitrogens with zero attached hydrogens (tertiary/aromatic N) is 5. The van der Waals surface area contributed by atoms with Gasteiger partial charge in [0.25, 0.3) is 5.91 Å². The van der Waals surface area contributed by atoms with Crippen LogP contribution in [0.15, 0.2) is 18.5 Å². The lowest BCUT2D eigenvalue weighted by atomic mass is 9.96. The van der Waals surface area contributed by atoms with E-state index in [-0.39, 0.29) is 11.9 Å². The summed E-state index contributed by atoms with van der Waals surface area (Å²) in [4.78, 5) is 28.0. The Hall–Kier alpha value is -2.68. The number of hydrogen-bond acceptors (Lipinski definition) is 7. The van der Waals surface area contributed by atoms with E-state index in [1.165, 1.54) is 0 Å². The first kappa shape index (κ1) is 20.2.